The van der Waals surface area contributed by atoms with Crippen LogP contribution < -0.4 is 0 Å². The summed E-state index contributed by atoms with van der Waals surface area (Å²) in [6.45, 7) is 0.866. The molecule has 247 valence electrons. The van der Waals surface area contributed by atoms with E-state index in [1.807, 2.05) is 0 Å². The van der Waals surface area contributed by atoms with Gasteiger partial charge >= 0.3 is 22.4 Å². The third-order valence-electron chi connectivity index (χ3n) is 1.41. The fourth-order valence-electron chi connectivity index (χ4n) is 0.743. The van der Waals surface area contributed by atoms with E-state index in [9.17, 15) is 42.1 Å². The molecule has 0 aromatic carbocycles. The predicted molar refractivity (Wildman–Crippen MR) is 130 cm³/mol. The van der Waals surface area contributed by atoms with E-state index in [-0.39, 0.29) is 109 Å². The van der Waals surface area contributed by atoms with Crippen LogP contribution in [-0.4, -0.2) is 94.7 Å². The van der Waals surface area contributed by atoms with Crippen molar-refractivity contribution in [1.29, 1.82) is 0 Å². The summed E-state index contributed by atoms with van der Waals surface area (Å²) in [6, 6.07) is 0. The molecule has 0 saturated carbocycles. The largest absolute Gasteiger partial charge is 1.00 e. The molecule has 17 nitrogen and oxygen atoms in total. The Morgan fingerprint density at radius 3 is 1.22 bits per heavy atom. The van der Waals surface area contributed by atoms with Crippen molar-refractivity contribution in [3.05, 3.63) is 0 Å². The molecule has 1 fully saturated rings. The molecule has 1 saturated heterocycles. The summed E-state index contributed by atoms with van der Waals surface area (Å²) in [7, 11) is -11.5. The zero-order valence-electron chi connectivity index (χ0n) is 16.6. The van der Waals surface area contributed by atoms with Crippen molar-refractivity contribution < 1.29 is 165 Å². The van der Waals surface area contributed by atoms with Gasteiger partial charge in [-0.25, -0.2) is 26.3 Å². The summed E-state index contributed by atoms with van der Waals surface area (Å²) in [6.07, 6.45) is 0. The summed E-state index contributed by atoms with van der Waals surface area (Å²) in [5, 5.41) is 4.07. The third-order valence-corrected chi connectivity index (χ3v) is 8.77. The Balaban J connectivity index is -0.0000000482. The number of hydrogen-bond acceptors (Lipinski definition) is 15. The molecular formula is C7H15Ag4Cl2I2O17S5. The smallest absolute Gasteiger partial charge is 0.509 e. The van der Waals surface area contributed by atoms with Gasteiger partial charge in [0.05, 0.1) is 14.8 Å². The molecule has 0 unspecified atom stereocenters. The van der Waals surface area contributed by atoms with Gasteiger partial charge in [0.25, 0.3) is 30.4 Å². The average molecular weight is 1290 g/mol. The maximum atomic E-state index is 10.3. The van der Waals surface area contributed by atoms with Gasteiger partial charge in [0.15, 0.2) is 11.9 Å². The summed E-state index contributed by atoms with van der Waals surface area (Å²) >= 11 is 4.55. The first-order chi connectivity index (χ1) is 14.4. The minimum atomic E-state index is -4.62. The van der Waals surface area contributed by atoms with E-state index < -0.39 is 58.6 Å². The first-order valence-electron chi connectivity index (χ1n) is 6.44. The van der Waals surface area contributed by atoms with E-state index >= 15 is 0 Å². The molecule has 0 spiro atoms. The van der Waals surface area contributed by atoms with Crippen LogP contribution >= 0.6 is 66.5 Å². The van der Waals surface area contributed by atoms with Gasteiger partial charge in [-0.05, 0) is 6.47 Å². The van der Waals surface area contributed by atoms with Crippen molar-refractivity contribution in [1.82, 2.24) is 0 Å². The maximum absolute atomic E-state index is 10.3. The molecule has 3 N–H and O–H groups in total. The summed E-state index contributed by atoms with van der Waals surface area (Å²) < 4.78 is 125. The molecule has 37 heavy (non-hydrogen) atoms. The van der Waals surface area contributed by atoms with E-state index in [1.165, 1.54) is 2.43 Å². The molecular weight excluding hydrogens is 1270 g/mol. The molecule has 3 radical (unpaired) electrons. The zero-order valence-corrected chi connectivity index (χ0v) is 32.4. The molecule has 0 bridgehead atoms. The zero-order chi connectivity index (χ0) is 27.6. The van der Waals surface area contributed by atoms with Gasteiger partial charge < -0.3 is 14.4 Å². The minimum Gasteiger partial charge on any atom is -0.509 e. The van der Waals surface area contributed by atoms with Crippen LogP contribution in [0.25, 0.3) is 0 Å². The second-order valence-electron chi connectivity index (χ2n) is 4.16. The topological polar surface area (TPSA) is 276 Å². The Morgan fingerprint density at radius 1 is 0.865 bits per heavy atom. The summed E-state index contributed by atoms with van der Waals surface area (Å²) in [5.41, 5.74) is 0. The van der Waals surface area contributed by atoms with Crippen molar-refractivity contribution in [3.63, 3.8) is 0 Å². The quantitative estimate of drug-likeness (QED) is 0.0359. The van der Waals surface area contributed by atoms with Crippen LogP contribution in [0.1, 0.15) is 0 Å². The molecule has 1 rings (SSSR count). The molecule has 0 atom stereocenters. The first kappa shape index (κ1) is 60.3. The molecule has 1 aliphatic heterocycles. The average Bonchev–Trinajstić information content (AvgIpc) is 2.50. The van der Waals surface area contributed by atoms with Crippen molar-refractivity contribution in [2.75, 3.05) is 31.8 Å². The SMILES string of the molecule is ICI.O=S(=O)(Cl)CS(=O)(=O)Cl.O=S(=O)(O)CS(=O)(=O)O.O=S1(=O)CCOCO1.O=[C-]OO.[Ag+].[Ag].[Ag].[Ag]. The fraction of sp³-hybridized carbons (Fsp3) is 0.857. The summed E-state index contributed by atoms with van der Waals surface area (Å²) in [5.74, 6) is -0.0208. The van der Waals surface area contributed by atoms with Crippen LogP contribution in [0.4, 0.5) is 0 Å². The van der Waals surface area contributed by atoms with Gasteiger partial charge in [-0.15, -0.1) is 0 Å². The van der Waals surface area contributed by atoms with E-state index in [0.717, 1.165) is 6.47 Å². The van der Waals surface area contributed by atoms with Gasteiger partial charge in [0.2, 0.25) is 23.2 Å². The van der Waals surface area contributed by atoms with Gasteiger partial charge in [-0.3, -0.25) is 9.11 Å². The Morgan fingerprint density at radius 2 is 1.16 bits per heavy atom. The van der Waals surface area contributed by atoms with Crippen LogP contribution in [0, 0.1) is 0 Å². The maximum Gasteiger partial charge on any atom is 1.00 e. The molecule has 0 aromatic rings. The Kier molecular flexibility index (Phi) is 51.2. The number of rotatable bonds is 5. The van der Waals surface area contributed by atoms with E-state index in [1.54, 1.807) is 0 Å². The normalized spacial score (nSPS) is 13.6. The van der Waals surface area contributed by atoms with Crippen molar-refractivity contribution in [3.8, 4) is 0 Å². The number of ether oxygens (including phenoxy) is 1. The second kappa shape index (κ2) is 31.4. The fourth-order valence-corrected chi connectivity index (χ4v) is 6.77. The van der Waals surface area contributed by atoms with Crippen LogP contribution in [0.5, 0.6) is 0 Å². The third kappa shape index (κ3) is 79.2. The van der Waals surface area contributed by atoms with Crippen molar-refractivity contribution in [2.24, 2.45) is 0 Å². The van der Waals surface area contributed by atoms with E-state index in [0.29, 0.717) is 0 Å². The predicted octanol–water partition coefficient (Wildman–Crippen LogP) is -0.532. The van der Waals surface area contributed by atoms with Crippen LogP contribution in [-0.2, 0) is 157 Å². The molecule has 0 amide bonds. The number of halogens is 4. The molecule has 0 aliphatic carbocycles. The second-order valence-corrected chi connectivity index (χ2v) is 19.6. The van der Waals surface area contributed by atoms with Gasteiger partial charge in [0, 0.05) is 88.5 Å². The molecule has 1 heterocycles. The van der Waals surface area contributed by atoms with Crippen LogP contribution in [0.2, 0.25) is 0 Å². The van der Waals surface area contributed by atoms with E-state index in [2.05, 4.69) is 80.4 Å². The van der Waals surface area contributed by atoms with Gasteiger partial charge in [0.1, 0.15) is 0 Å². The Hall–Kier alpha value is 4.02. The van der Waals surface area contributed by atoms with Gasteiger partial charge in [-0.1, -0.05) is 45.2 Å². The number of hydrogen-bond donors (Lipinski definition) is 3. The minimum absolute atomic E-state index is 0. The van der Waals surface area contributed by atoms with Crippen LogP contribution in [0.3, 0.4) is 0 Å². The Labute approximate surface area is 312 Å². The standard InChI is InChI=1S/C3H6O4S.CH2Cl2O4S2.CH2I2.CH4O6S2.CHO3.4Ag/c4-8(5)2-1-6-3-7-8;2-8(4,5)1-9(3,6)7;2-1-3;2-8(3,4)1-9(5,6)7;2-1-4-3;;;;/h1-3H2;1H2;1H2;1H2,(H,2,3,4)(H,5,6,7);3H;;;;/q;;;;-1;;;;+1. The molecule has 0 aromatic heterocycles. The molecule has 1 aliphatic rings. The summed E-state index contributed by atoms with van der Waals surface area (Å²) in [4.78, 5) is 11.3. The Bertz CT molecular complexity index is 935. The van der Waals surface area contributed by atoms with Crippen molar-refractivity contribution >= 4 is 121 Å². The van der Waals surface area contributed by atoms with Crippen molar-refractivity contribution in [2.45, 2.75) is 0 Å². The molecule has 30 heteroatoms. The monoisotopic (exact) mass is 1280 g/mol. The number of carbonyl (C=O) groups excluding carboxylic acids is 1. The first-order valence-corrected chi connectivity index (χ1v) is 19.2. The number of alkyl halides is 2. The van der Waals surface area contributed by atoms with Gasteiger partial charge in [-0.2, -0.15) is 25.3 Å². The van der Waals surface area contributed by atoms with E-state index in [4.69, 9.17) is 19.2 Å². The van der Waals surface area contributed by atoms with Crippen LogP contribution in [0.15, 0.2) is 0 Å².